The zero-order chi connectivity index (χ0) is 15.9. The highest BCUT2D eigenvalue weighted by Crippen LogP contribution is 2.34. The molecule has 0 amide bonds. The van der Waals surface area contributed by atoms with Gasteiger partial charge in [0, 0.05) is 23.6 Å². The van der Waals surface area contributed by atoms with Gasteiger partial charge in [-0.05, 0) is 57.0 Å². The predicted octanol–water partition coefficient (Wildman–Crippen LogP) is 2.60. The summed E-state index contributed by atoms with van der Waals surface area (Å²) in [7, 11) is 3.82. The molecule has 4 heteroatoms. The van der Waals surface area contributed by atoms with Crippen molar-refractivity contribution >= 4 is 5.78 Å². The number of ketones is 1. The second-order valence-corrected chi connectivity index (χ2v) is 6.68. The molecule has 4 nitrogen and oxygen atoms in total. The molecule has 0 spiro atoms. The highest BCUT2D eigenvalue weighted by atomic mass is 16.5. The van der Waals surface area contributed by atoms with Gasteiger partial charge in [-0.2, -0.15) is 0 Å². The van der Waals surface area contributed by atoms with E-state index in [0.29, 0.717) is 12.1 Å². The minimum Gasteiger partial charge on any atom is -0.496 e. The Balaban J connectivity index is 1.84. The molecule has 0 N–H and O–H groups in total. The molecule has 2 saturated heterocycles. The Morgan fingerprint density at radius 3 is 2.41 bits per heavy atom. The van der Waals surface area contributed by atoms with E-state index in [1.54, 1.807) is 7.11 Å². The molecular formula is C18H25NO3. The van der Waals surface area contributed by atoms with E-state index in [1.165, 1.54) is 0 Å². The number of piperidine rings is 1. The van der Waals surface area contributed by atoms with E-state index in [-0.39, 0.29) is 11.7 Å². The highest BCUT2D eigenvalue weighted by Gasteiger charge is 2.39. The van der Waals surface area contributed by atoms with Crippen molar-refractivity contribution in [2.45, 2.75) is 38.8 Å². The lowest BCUT2D eigenvalue weighted by atomic mass is 9.80. The lowest BCUT2D eigenvalue weighted by molar-refractivity contribution is -0.0702. The second kappa shape index (κ2) is 6.01. The number of Topliss-reactive ketones (excluding diaryl/α,β-unsaturated/α-hetero) is 1. The third kappa shape index (κ3) is 2.66. The lowest BCUT2D eigenvalue weighted by Crippen LogP contribution is -2.55. The Morgan fingerprint density at radius 2 is 1.82 bits per heavy atom. The number of carbonyl (C=O) groups excluding carboxylic acids is 1. The molecule has 2 bridgehead atoms. The number of aryl methyl sites for hydroxylation is 2. The van der Waals surface area contributed by atoms with Crippen LogP contribution in [0.1, 0.15) is 34.3 Å². The van der Waals surface area contributed by atoms with Crippen molar-refractivity contribution in [1.29, 1.82) is 0 Å². The third-order valence-electron chi connectivity index (χ3n) is 5.26. The summed E-state index contributed by atoms with van der Waals surface area (Å²) in [5.41, 5.74) is 2.88. The molecule has 2 atom stereocenters. The summed E-state index contributed by atoms with van der Waals surface area (Å²) in [6.45, 7) is 5.48. The molecule has 2 aliphatic rings. The van der Waals surface area contributed by atoms with Crippen LogP contribution in [0.3, 0.4) is 0 Å². The number of likely N-dealkylation sites (N-methyl/N-ethyl adjacent to an activating group) is 1. The summed E-state index contributed by atoms with van der Waals surface area (Å²) in [4.78, 5) is 15.4. The number of nitrogens with zero attached hydrogens (tertiary/aromatic N) is 1. The molecule has 1 aromatic carbocycles. The standard InChI is InChI=1S/C18H25NO3/c1-11-6-17(21-4)12(2)5-16(11)18(20)13-7-14-9-22-10-15(8-13)19(14)3/h5-6,13-15H,7-10H2,1-4H3. The topological polar surface area (TPSA) is 38.8 Å². The van der Waals surface area contributed by atoms with E-state index in [4.69, 9.17) is 9.47 Å². The lowest BCUT2D eigenvalue weighted by Gasteiger charge is -2.46. The Hall–Kier alpha value is -1.39. The SMILES string of the molecule is COc1cc(C)c(C(=O)C2CC3COCC(C2)N3C)cc1C. The van der Waals surface area contributed by atoms with Crippen LogP contribution in [0.4, 0.5) is 0 Å². The van der Waals surface area contributed by atoms with Gasteiger partial charge in [0.15, 0.2) is 5.78 Å². The van der Waals surface area contributed by atoms with Crippen molar-refractivity contribution in [3.8, 4) is 5.75 Å². The minimum atomic E-state index is 0.113. The first-order valence-corrected chi connectivity index (χ1v) is 8.00. The van der Waals surface area contributed by atoms with Gasteiger partial charge in [-0.25, -0.2) is 0 Å². The quantitative estimate of drug-likeness (QED) is 0.805. The van der Waals surface area contributed by atoms with Gasteiger partial charge in [-0.1, -0.05) is 0 Å². The van der Waals surface area contributed by atoms with Gasteiger partial charge in [-0.3, -0.25) is 9.69 Å². The van der Waals surface area contributed by atoms with Crippen LogP contribution in [0, 0.1) is 19.8 Å². The monoisotopic (exact) mass is 303 g/mol. The highest BCUT2D eigenvalue weighted by molar-refractivity contribution is 5.99. The number of fused-ring (bicyclic) bond motifs is 2. The van der Waals surface area contributed by atoms with Crippen molar-refractivity contribution < 1.29 is 14.3 Å². The summed E-state index contributed by atoms with van der Waals surface area (Å²) in [5.74, 6) is 1.25. The fraction of sp³-hybridized carbons (Fsp3) is 0.611. The summed E-state index contributed by atoms with van der Waals surface area (Å²) in [6, 6.07) is 4.71. The molecule has 22 heavy (non-hydrogen) atoms. The molecular weight excluding hydrogens is 278 g/mol. The zero-order valence-corrected chi connectivity index (χ0v) is 13.9. The number of carbonyl (C=O) groups is 1. The molecule has 0 saturated carbocycles. The van der Waals surface area contributed by atoms with Crippen LogP contribution in [-0.2, 0) is 4.74 Å². The molecule has 0 radical (unpaired) electrons. The van der Waals surface area contributed by atoms with Crippen molar-refractivity contribution in [2.75, 3.05) is 27.4 Å². The van der Waals surface area contributed by atoms with Crippen LogP contribution < -0.4 is 4.74 Å². The first kappa shape index (κ1) is 15.5. The van der Waals surface area contributed by atoms with Crippen molar-refractivity contribution in [2.24, 2.45) is 5.92 Å². The molecule has 0 aromatic heterocycles. The predicted molar refractivity (Wildman–Crippen MR) is 85.7 cm³/mol. The Kier molecular flexibility index (Phi) is 4.24. The second-order valence-electron chi connectivity index (χ2n) is 6.68. The summed E-state index contributed by atoms with van der Waals surface area (Å²) >= 11 is 0. The Morgan fingerprint density at radius 1 is 1.18 bits per heavy atom. The molecule has 2 heterocycles. The van der Waals surface area contributed by atoms with Gasteiger partial charge in [0.2, 0.25) is 0 Å². The summed E-state index contributed by atoms with van der Waals surface area (Å²) in [6.07, 6.45) is 1.80. The van der Waals surface area contributed by atoms with E-state index in [2.05, 4.69) is 11.9 Å². The van der Waals surface area contributed by atoms with Crippen molar-refractivity contribution in [3.05, 3.63) is 28.8 Å². The fourth-order valence-corrected chi connectivity index (χ4v) is 3.80. The molecule has 120 valence electrons. The number of morpholine rings is 1. The van der Waals surface area contributed by atoms with E-state index in [9.17, 15) is 4.79 Å². The van der Waals surface area contributed by atoms with Crippen molar-refractivity contribution in [3.63, 3.8) is 0 Å². The zero-order valence-electron chi connectivity index (χ0n) is 13.9. The first-order chi connectivity index (χ1) is 10.5. The van der Waals surface area contributed by atoms with Crippen LogP contribution in [0.5, 0.6) is 5.75 Å². The van der Waals surface area contributed by atoms with E-state index < -0.39 is 0 Å². The van der Waals surface area contributed by atoms with E-state index in [1.807, 2.05) is 26.0 Å². The maximum absolute atomic E-state index is 13.0. The van der Waals surface area contributed by atoms with Crippen LogP contribution in [0.15, 0.2) is 12.1 Å². The van der Waals surface area contributed by atoms with Crippen LogP contribution in [0.25, 0.3) is 0 Å². The first-order valence-electron chi connectivity index (χ1n) is 8.00. The number of hydrogen-bond acceptors (Lipinski definition) is 4. The average molecular weight is 303 g/mol. The minimum absolute atomic E-state index is 0.113. The van der Waals surface area contributed by atoms with Crippen LogP contribution >= 0.6 is 0 Å². The maximum atomic E-state index is 13.0. The number of methoxy groups -OCH3 is 1. The van der Waals surface area contributed by atoms with Crippen LogP contribution in [-0.4, -0.2) is 50.1 Å². The molecule has 0 aliphatic carbocycles. The van der Waals surface area contributed by atoms with Crippen LogP contribution in [0.2, 0.25) is 0 Å². The summed E-state index contributed by atoms with van der Waals surface area (Å²) in [5, 5.41) is 0. The van der Waals surface area contributed by atoms with E-state index >= 15 is 0 Å². The molecule has 2 unspecified atom stereocenters. The fourth-order valence-electron chi connectivity index (χ4n) is 3.80. The van der Waals surface area contributed by atoms with Gasteiger partial charge in [0.25, 0.3) is 0 Å². The maximum Gasteiger partial charge on any atom is 0.166 e. The van der Waals surface area contributed by atoms with E-state index in [0.717, 1.165) is 48.5 Å². The van der Waals surface area contributed by atoms with Gasteiger partial charge in [0.1, 0.15) is 5.75 Å². The Labute approximate surface area is 132 Å². The average Bonchev–Trinajstić information content (AvgIpc) is 2.48. The number of hydrogen-bond donors (Lipinski definition) is 0. The number of rotatable bonds is 3. The van der Waals surface area contributed by atoms with Gasteiger partial charge in [-0.15, -0.1) is 0 Å². The third-order valence-corrected chi connectivity index (χ3v) is 5.26. The van der Waals surface area contributed by atoms with Gasteiger partial charge in [0.05, 0.1) is 20.3 Å². The molecule has 2 aliphatic heterocycles. The molecule has 3 rings (SSSR count). The van der Waals surface area contributed by atoms with Crippen molar-refractivity contribution in [1.82, 2.24) is 4.90 Å². The molecule has 1 aromatic rings. The smallest absolute Gasteiger partial charge is 0.166 e. The van der Waals surface area contributed by atoms with Gasteiger partial charge >= 0.3 is 0 Å². The molecule has 2 fully saturated rings. The number of ether oxygens (including phenoxy) is 2. The largest absolute Gasteiger partial charge is 0.496 e. The number of benzene rings is 1. The Bertz CT molecular complexity index is 570. The normalized spacial score (nSPS) is 28.5. The summed E-state index contributed by atoms with van der Waals surface area (Å²) < 4.78 is 11.0. The van der Waals surface area contributed by atoms with Gasteiger partial charge < -0.3 is 9.47 Å².